The minimum atomic E-state index is -0.0523. The first-order valence-corrected chi connectivity index (χ1v) is 5.79. The normalized spacial score (nSPS) is 10.2. The van der Waals surface area contributed by atoms with Crippen LogP contribution in [0.2, 0.25) is 0 Å². The van der Waals surface area contributed by atoms with Crippen LogP contribution in [0.3, 0.4) is 0 Å². The zero-order valence-corrected chi connectivity index (χ0v) is 9.93. The van der Waals surface area contributed by atoms with Crippen LogP contribution in [-0.4, -0.2) is 15.0 Å². The van der Waals surface area contributed by atoms with Gasteiger partial charge in [0.1, 0.15) is 0 Å². The molecule has 0 aliphatic rings. The molecule has 2 heterocycles. The third-order valence-corrected chi connectivity index (χ3v) is 2.76. The summed E-state index contributed by atoms with van der Waals surface area (Å²) in [4.78, 5) is 21.6. The number of H-pyrrole nitrogens is 1. The summed E-state index contributed by atoms with van der Waals surface area (Å²) in [5, 5.41) is 4.77. The van der Waals surface area contributed by atoms with Crippen molar-refractivity contribution in [2.75, 3.05) is 5.32 Å². The van der Waals surface area contributed by atoms with Crippen LogP contribution in [0.1, 0.15) is 5.69 Å². The lowest BCUT2D eigenvalue weighted by atomic mass is 10.5. The zero-order valence-electron chi connectivity index (χ0n) is 7.53. The van der Waals surface area contributed by atoms with Crippen LogP contribution in [0.5, 0.6) is 0 Å². The fourth-order valence-corrected chi connectivity index (χ4v) is 1.76. The van der Waals surface area contributed by atoms with Crippen LogP contribution in [0, 0.1) is 0 Å². The number of nitrogens with zero attached hydrogens (tertiary/aromatic N) is 2. The fourth-order valence-electron chi connectivity index (χ4n) is 0.978. The van der Waals surface area contributed by atoms with Crippen molar-refractivity contribution in [3.8, 4) is 0 Å². The minimum absolute atomic E-state index is 0.0523. The van der Waals surface area contributed by atoms with Gasteiger partial charge in [-0.1, -0.05) is 11.3 Å². The smallest absolute Gasteiger partial charge is 0.304 e. The summed E-state index contributed by atoms with van der Waals surface area (Å²) >= 11 is 4.39. The first-order valence-electron chi connectivity index (χ1n) is 4.12. The third-order valence-electron chi connectivity index (χ3n) is 1.63. The summed E-state index contributed by atoms with van der Waals surface area (Å²) in [5.74, 6) is 0.533. The van der Waals surface area contributed by atoms with Gasteiger partial charge in [0.2, 0.25) is 5.95 Å². The van der Waals surface area contributed by atoms with Gasteiger partial charge in [-0.05, 0) is 15.9 Å². The molecule has 2 aromatic heterocycles. The first kappa shape index (κ1) is 10.3. The molecule has 7 heteroatoms. The Kier molecular flexibility index (Phi) is 3.12. The van der Waals surface area contributed by atoms with E-state index in [1.54, 1.807) is 17.8 Å². The first-order chi connectivity index (χ1) is 7.24. The molecule has 0 unspecified atom stereocenters. The molecule has 2 aromatic rings. The largest absolute Gasteiger partial charge is 0.349 e. The third kappa shape index (κ3) is 2.87. The molecule has 0 aromatic carbocycles. The van der Waals surface area contributed by atoms with Crippen molar-refractivity contribution >= 4 is 33.2 Å². The van der Waals surface area contributed by atoms with E-state index >= 15 is 0 Å². The second-order valence-corrected chi connectivity index (χ2v) is 4.51. The molecule has 0 fully saturated rings. The molecular weight excluding hydrogens is 280 g/mol. The fraction of sp³-hybridized carbons (Fsp3) is 0.125. The number of hydrogen-bond acceptors (Lipinski definition) is 5. The van der Waals surface area contributed by atoms with Gasteiger partial charge >= 0.3 is 4.87 Å². The molecule has 0 saturated heterocycles. The predicted octanol–water partition coefficient (Wildman–Crippen LogP) is 1.60. The Morgan fingerprint density at radius 3 is 2.80 bits per heavy atom. The Bertz CT molecular complexity index is 492. The lowest BCUT2D eigenvalue weighted by Crippen LogP contribution is -2.05. The Morgan fingerprint density at radius 2 is 2.20 bits per heavy atom. The van der Waals surface area contributed by atoms with Gasteiger partial charge in [0, 0.05) is 23.5 Å². The Labute approximate surface area is 97.7 Å². The van der Waals surface area contributed by atoms with Crippen molar-refractivity contribution in [2.24, 2.45) is 0 Å². The van der Waals surface area contributed by atoms with Gasteiger partial charge in [-0.3, -0.25) is 4.79 Å². The Balaban J connectivity index is 1.99. The highest BCUT2D eigenvalue weighted by Gasteiger charge is 1.98. The zero-order chi connectivity index (χ0) is 10.7. The van der Waals surface area contributed by atoms with E-state index in [2.05, 4.69) is 36.2 Å². The molecule has 2 rings (SSSR count). The monoisotopic (exact) mass is 286 g/mol. The lowest BCUT2D eigenvalue weighted by molar-refractivity contribution is 1.01. The van der Waals surface area contributed by atoms with Crippen molar-refractivity contribution in [3.05, 3.63) is 37.6 Å². The van der Waals surface area contributed by atoms with Gasteiger partial charge in [-0.25, -0.2) is 9.97 Å². The number of aromatic amines is 1. The lowest BCUT2D eigenvalue weighted by Gasteiger charge is -2.01. The van der Waals surface area contributed by atoms with E-state index in [1.165, 1.54) is 0 Å². The van der Waals surface area contributed by atoms with Crippen molar-refractivity contribution < 1.29 is 0 Å². The molecule has 5 nitrogen and oxygen atoms in total. The molecule has 0 atom stereocenters. The van der Waals surface area contributed by atoms with E-state index < -0.39 is 0 Å². The van der Waals surface area contributed by atoms with Crippen molar-refractivity contribution in [1.29, 1.82) is 0 Å². The highest BCUT2D eigenvalue weighted by atomic mass is 79.9. The van der Waals surface area contributed by atoms with Crippen LogP contribution in [-0.2, 0) is 6.54 Å². The van der Waals surface area contributed by atoms with E-state index in [4.69, 9.17) is 0 Å². The number of halogens is 1. The molecule has 0 aliphatic carbocycles. The van der Waals surface area contributed by atoms with Crippen molar-refractivity contribution in [1.82, 2.24) is 15.0 Å². The quantitative estimate of drug-likeness (QED) is 0.899. The number of anilines is 1. The highest BCUT2D eigenvalue weighted by molar-refractivity contribution is 9.10. The van der Waals surface area contributed by atoms with Crippen LogP contribution >= 0.6 is 27.3 Å². The van der Waals surface area contributed by atoms with Crippen molar-refractivity contribution in [2.45, 2.75) is 6.54 Å². The van der Waals surface area contributed by atoms with E-state index in [9.17, 15) is 4.79 Å². The van der Waals surface area contributed by atoms with E-state index in [0.29, 0.717) is 12.5 Å². The number of nitrogens with one attached hydrogen (secondary N) is 2. The van der Waals surface area contributed by atoms with Crippen LogP contribution in [0.15, 0.2) is 27.0 Å². The molecule has 78 valence electrons. The van der Waals surface area contributed by atoms with E-state index in [0.717, 1.165) is 21.5 Å². The van der Waals surface area contributed by atoms with Gasteiger partial charge in [0.15, 0.2) is 0 Å². The molecule has 0 spiro atoms. The van der Waals surface area contributed by atoms with Gasteiger partial charge in [0.05, 0.1) is 11.0 Å². The molecule has 0 saturated carbocycles. The van der Waals surface area contributed by atoms with Gasteiger partial charge in [-0.15, -0.1) is 0 Å². The predicted molar refractivity (Wildman–Crippen MR) is 62.0 cm³/mol. The molecule has 0 radical (unpaired) electrons. The van der Waals surface area contributed by atoms with Gasteiger partial charge < -0.3 is 10.3 Å². The highest BCUT2D eigenvalue weighted by Crippen LogP contribution is 2.07. The Hall–Kier alpha value is -1.21. The average Bonchev–Trinajstić information content (AvgIpc) is 2.64. The maximum atomic E-state index is 10.8. The second-order valence-electron chi connectivity index (χ2n) is 2.75. The summed E-state index contributed by atoms with van der Waals surface area (Å²) in [6.45, 7) is 0.514. The maximum Gasteiger partial charge on any atom is 0.304 e. The molecular formula is C8H7BrN4OS. The van der Waals surface area contributed by atoms with Gasteiger partial charge in [-0.2, -0.15) is 0 Å². The summed E-state index contributed by atoms with van der Waals surface area (Å²) in [7, 11) is 0. The van der Waals surface area contributed by atoms with Crippen molar-refractivity contribution in [3.63, 3.8) is 0 Å². The number of rotatable bonds is 3. The number of aromatic nitrogens is 3. The Morgan fingerprint density at radius 1 is 1.47 bits per heavy atom. The van der Waals surface area contributed by atoms with Crippen LogP contribution in [0.4, 0.5) is 5.95 Å². The summed E-state index contributed by atoms with van der Waals surface area (Å²) in [6.07, 6.45) is 3.32. The van der Waals surface area contributed by atoms with Gasteiger partial charge in [0.25, 0.3) is 0 Å². The molecule has 0 amide bonds. The molecule has 0 aliphatic heterocycles. The maximum absolute atomic E-state index is 10.8. The summed E-state index contributed by atoms with van der Waals surface area (Å²) < 4.78 is 0.831. The number of thiazole rings is 1. The molecule has 2 N–H and O–H groups in total. The SMILES string of the molecule is O=c1[nH]c(CNc2ncc(Br)cn2)cs1. The minimum Gasteiger partial charge on any atom is -0.349 e. The molecule has 15 heavy (non-hydrogen) atoms. The second kappa shape index (κ2) is 4.54. The van der Waals surface area contributed by atoms with E-state index in [1.807, 2.05) is 0 Å². The molecule has 0 bridgehead atoms. The summed E-state index contributed by atoms with van der Waals surface area (Å²) in [6, 6.07) is 0. The van der Waals surface area contributed by atoms with Crippen LogP contribution in [0.25, 0.3) is 0 Å². The van der Waals surface area contributed by atoms with Crippen LogP contribution < -0.4 is 10.2 Å². The topological polar surface area (TPSA) is 70.7 Å². The van der Waals surface area contributed by atoms with E-state index in [-0.39, 0.29) is 4.87 Å². The standard InChI is InChI=1S/C8H7BrN4OS/c9-5-1-10-7(11-2-5)12-3-6-4-15-8(14)13-6/h1-2,4H,3H2,(H,13,14)(H,10,11,12). The average molecular weight is 287 g/mol. The summed E-state index contributed by atoms with van der Waals surface area (Å²) in [5.41, 5.74) is 0.830. The number of hydrogen-bond donors (Lipinski definition) is 2.